The van der Waals surface area contributed by atoms with Crippen LogP contribution in [0.4, 0.5) is 5.69 Å². The first-order valence-corrected chi connectivity index (χ1v) is 3.58. The van der Waals surface area contributed by atoms with Crippen LogP contribution in [0.2, 0.25) is 0 Å². The van der Waals surface area contributed by atoms with E-state index in [1.165, 1.54) is 6.08 Å². The number of rotatable bonds is 2. The Kier molecular flexibility index (Phi) is 2.58. The molecule has 0 atom stereocenters. The maximum Gasteiger partial charge on any atom is 0.142 e. The quantitative estimate of drug-likeness (QED) is 0.524. The van der Waals surface area contributed by atoms with E-state index in [2.05, 4.69) is 4.98 Å². The van der Waals surface area contributed by atoms with Crippen molar-refractivity contribution in [1.29, 1.82) is 0 Å². The van der Waals surface area contributed by atoms with Gasteiger partial charge in [-0.15, -0.1) is 0 Å². The van der Waals surface area contributed by atoms with Gasteiger partial charge >= 0.3 is 0 Å². The van der Waals surface area contributed by atoms with Gasteiger partial charge in [0.1, 0.15) is 6.29 Å². The van der Waals surface area contributed by atoms with Crippen molar-refractivity contribution in [3.63, 3.8) is 0 Å². The van der Waals surface area contributed by atoms with Crippen LogP contribution < -0.4 is 5.73 Å². The Hall–Kier alpha value is -1.64. The highest BCUT2D eigenvalue weighted by Gasteiger charge is 1.94. The number of nitrogen functional groups attached to an aromatic ring is 1. The lowest BCUT2D eigenvalue weighted by atomic mass is 10.2. The number of anilines is 1. The van der Waals surface area contributed by atoms with Crippen molar-refractivity contribution in [3.8, 4) is 0 Å². The van der Waals surface area contributed by atoms with Crippen molar-refractivity contribution in [2.75, 3.05) is 5.73 Å². The molecule has 12 heavy (non-hydrogen) atoms. The molecule has 0 bridgehead atoms. The number of aryl methyl sites for hydroxylation is 1. The van der Waals surface area contributed by atoms with E-state index in [0.29, 0.717) is 5.69 Å². The van der Waals surface area contributed by atoms with Crippen LogP contribution in [0.1, 0.15) is 11.3 Å². The van der Waals surface area contributed by atoms with Crippen molar-refractivity contribution >= 4 is 18.0 Å². The van der Waals surface area contributed by atoms with Crippen LogP contribution in [0.5, 0.6) is 0 Å². The van der Waals surface area contributed by atoms with Gasteiger partial charge in [-0.2, -0.15) is 0 Å². The maximum absolute atomic E-state index is 10.0. The second-order valence-corrected chi connectivity index (χ2v) is 2.44. The zero-order chi connectivity index (χ0) is 8.97. The summed E-state index contributed by atoms with van der Waals surface area (Å²) in [7, 11) is 0. The Labute approximate surface area is 70.9 Å². The van der Waals surface area contributed by atoms with Crippen molar-refractivity contribution in [1.82, 2.24) is 4.98 Å². The molecule has 2 N–H and O–H groups in total. The largest absolute Gasteiger partial charge is 0.397 e. The lowest BCUT2D eigenvalue weighted by molar-refractivity contribution is -0.104. The number of hydrogen-bond donors (Lipinski definition) is 1. The Morgan fingerprint density at radius 1 is 1.58 bits per heavy atom. The summed E-state index contributed by atoms with van der Waals surface area (Å²) in [6, 6.07) is 1.78. The minimum absolute atomic E-state index is 0.603. The van der Waals surface area contributed by atoms with Crippen molar-refractivity contribution < 1.29 is 4.79 Å². The molecule has 0 aliphatic carbocycles. The van der Waals surface area contributed by atoms with E-state index in [1.807, 2.05) is 6.92 Å². The smallest absolute Gasteiger partial charge is 0.142 e. The fraction of sp³-hybridized carbons (Fsp3) is 0.111. The van der Waals surface area contributed by atoms with Gasteiger partial charge in [0.2, 0.25) is 0 Å². The number of aromatic nitrogens is 1. The van der Waals surface area contributed by atoms with Gasteiger partial charge in [-0.1, -0.05) is 0 Å². The van der Waals surface area contributed by atoms with Crippen LogP contribution in [0.3, 0.4) is 0 Å². The molecule has 3 heteroatoms. The molecule has 0 amide bonds. The first-order valence-electron chi connectivity index (χ1n) is 3.58. The van der Waals surface area contributed by atoms with Crippen molar-refractivity contribution in [2.45, 2.75) is 6.92 Å². The van der Waals surface area contributed by atoms with E-state index >= 15 is 0 Å². The van der Waals surface area contributed by atoms with Gasteiger partial charge in [0.05, 0.1) is 11.9 Å². The molecule has 0 aromatic carbocycles. The molecule has 0 saturated heterocycles. The highest BCUT2D eigenvalue weighted by Crippen LogP contribution is 2.10. The van der Waals surface area contributed by atoms with Gasteiger partial charge in [-0.05, 0) is 30.7 Å². The molecule has 0 fully saturated rings. The third-order valence-electron chi connectivity index (χ3n) is 1.50. The van der Waals surface area contributed by atoms with Gasteiger partial charge in [-0.25, -0.2) is 0 Å². The first kappa shape index (κ1) is 8.46. The molecule has 1 aromatic heterocycles. The Morgan fingerprint density at radius 3 is 3.00 bits per heavy atom. The molecule has 1 heterocycles. The average Bonchev–Trinajstić information content (AvgIpc) is 2.07. The van der Waals surface area contributed by atoms with Crippen molar-refractivity contribution in [2.24, 2.45) is 0 Å². The predicted octanol–water partition coefficient (Wildman–Crippen LogP) is 1.18. The minimum Gasteiger partial charge on any atom is -0.397 e. The SMILES string of the molecule is Cc1ncc(N)cc1C=CC=O. The molecule has 1 rings (SSSR count). The third-order valence-corrected chi connectivity index (χ3v) is 1.50. The summed E-state index contributed by atoms with van der Waals surface area (Å²) in [4.78, 5) is 14.1. The van der Waals surface area contributed by atoms with E-state index < -0.39 is 0 Å². The summed E-state index contributed by atoms with van der Waals surface area (Å²) in [6.45, 7) is 1.86. The highest BCUT2D eigenvalue weighted by atomic mass is 16.1. The standard InChI is InChI=1S/C9H10N2O/c1-7-8(3-2-4-12)5-9(10)6-11-7/h2-6H,10H2,1H3. The number of pyridine rings is 1. The Balaban J connectivity index is 3.04. The van der Waals surface area contributed by atoms with Gasteiger partial charge in [-0.3, -0.25) is 9.78 Å². The molecule has 3 nitrogen and oxygen atoms in total. The predicted molar refractivity (Wildman–Crippen MR) is 48.5 cm³/mol. The molecule has 0 saturated carbocycles. The van der Waals surface area contributed by atoms with Gasteiger partial charge in [0.25, 0.3) is 0 Å². The molecular weight excluding hydrogens is 152 g/mol. The number of nitrogens with zero attached hydrogens (tertiary/aromatic N) is 1. The normalized spacial score (nSPS) is 10.4. The lowest BCUT2D eigenvalue weighted by Crippen LogP contribution is -1.91. The summed E-state index contributed by atoms with van der Waals surface area (Å²) in [6.07, 6.45) is 5.42. The number of carbonyl (C=O) groups excluding carboxylic acids is 1. The third kappa shape index (κ3) is 1.92. The van der Waals surface area contributed by atoms with Crippen LogP contribution >= 0.6 is 0 Å². The second-order valence-electron chi connectivity index (χ2n) is 2.44. The molecule has 0 unspecified atom stereocenters. The van der Waals surface area contributed by atoms with E-state index in [-0.39, 0.29) is 0 Å². The van der Waals surface area contributed by atoms with Crippen LogP contribution in [0.25, 0.3) is 6.08 Å². The minimum atomic E-state index is 0.603. The summed E-state index contributed by atoms with van der Waals surface area (Å²) in [5.74, 6) is 0. The van der Waals surface area contributed by atoms with Gasteiger partial charge in [0.15, 0.2) is 0 Å². The Bertz CT molecular complexity index is 318. The summed E-state index contributed by atoms with van der Waals surface area (Å²) < 4.78 is 0. The Morgan fingerprint density at radius 2 is 2.33 bits per heavy atom. The molecule has 0 aliphatic heterocycles. The zero-order valence-corrected chi connectivity index (χ0v) is 6.82. The van der Waals surface area contributed by atoms with Crippen LogP contribution in [0, 0.1) is 6.92 Å². The van der Waals surface area contributed by atoms with Crippen LogP contribution in [-0.4, -0.2) is 11.3 Å². The number of carbonyl (C=O) groups is 1. The fourth-order valence-electron chi connectivity index (χ4n) is 0.879. The average molecular weight is 162 g/mol. The van der Waals surface area contributed by atoms with Crippen LogP contribution in [0.15, 0.2) is 18.3 Å². The monoisotopic (exact) mass is 162 g/mol. The maximum atomic E-state index is 10.0. The van der Waals surface area contributed by atoms with Crippen LogP contribution in [-0.2, 0) is 4.79 Å². The summed E-state index contributed by atoms with van der Waals surface area (Å²) >= 11 is 0. The lowest BCUT2D eigenvalue weighted by Gasteiger charge is -1.99. The molecule has 0 spiro atoms. The fourth-order valence-corrected chi connectivity index (χ4v) is 0.879. The molecule has 0 aliphatic rings. The molecule has 0 radical (unpaired) electrons. The van der Waals surface area contributed by atoms with Crippen molar-refractivity contribution in [3.05, 3.63) is 29.6 Å². The second kappa shape index (κ2) is 3.67. The van der Waals surface area contributed by atoms with E-state index in [1.54, 1.807) is 18.3 Å². The molecule has 1 aromatic rings. The highest BCUT2D eigenvalue weighted by molar-refractivity contribution is 5.74. The molecular formula is C9H10N2O. The van der Waals surface area contributed by atoms with E-state index in [0.717, 1.165) is 17.5 Å². The number of nitrogens with two attached hydrogens (primary N) is 1. The first-order chi connectivity index (χ1) is 5.74. The summed E-state index contributed by atoms with van der Waals surface area (Å²) in [5, 5.41) is 0. The molecule has 62 valence electrons. The van der Waals surface area contributed by atoms with E-state index in [9.17, 15) is 4.79 Å². The number of allylic oxidation sites excluding steroid dienone is 1. The topological polar surface area (TPSA) is 56.0 Å². The van der Waals surface area contributed by atoms with E-state index in [4.69, 9.17) is 5.73 Å². The number of aldehydes is 1. The summed E-state index contributed by atoms with van der Waals surface area (Å²) in [5.41, 5.74) is 7.86. The van der Waals surface area contributed by atoms with Gasteiger partial charge < -0.3 is 5.73 Å². The van der Waals surface area contributed by atoms with Gasteiger partial charge in [0, 0.05) is 5.69 Å². The number of hydrogen-bond acceptors (Lipinski definition) is 3. The zero-order valence-electron chi connectivity index (χ0n) is 6.82.